The molecule has 0 heterocycles. The molecule has 0 aliphatic heterocycles. The fourth-order valence-corrected chi connectivity index (χ4v) is 0.408. The molecule has 76 valence electrons. The highest BCUT2D eigenvalue weighted by Crippen LogP contribution is 1.88. The molecule has 0 saturated heterocycles. The van der Waals surface area contributed by atoms with Gasteiger partial charge < -0.3 is 0 Å². The van der Waals surface area contributed by atoms with E-state index in [1.54, 1.807) is 0 Å². The zero-order valence-electron chi connectivity index (χ0n) is 4.78. The van der Waals surface area contributed by atoms with Crippen molar-refractivity contribution in [2.45, 2.75) is 64.3 Å². The van der Waals surface area contributed by atoms with E-state index in [0.29, 0.717) is 0 Å². The molecule has 0 rings (SSSR count). The Bertz CT molecular complexity index is 47.1. The van der Waals surface area contributed by atoms with Gasteiger partial charge in [0.25, 0.3) is 0 Å². The van der Waals surface area contributed by atoms with Crippen LogP contribution in [0.2, 0.25) is 0 Å². The van der Waals surface area contributed by atoms with Gasteiger partial charge in [-0.15, -0.1) is 0 Å². The summed E-state index contributed by atoms with van der Waals surface area (Å²) in [5.74, 6) is 0. The van der Waals surface area contributed by atoms with Gasteiger partial charge in [0.05, 0.1) is 0 Å². The lowest BCUT2D eigenvalue weighted by Gasteiger charge is -1.80. The van der Waals surface area contributed by atoms with Crippen LogP contribution < -0.4 is 0 Å². The Morgan fingerprint density at radius 1 is 0.909 bits per heavy atom. The van der Waals surface area contributed by atoms with Crippen molar-refractivity contribution in [3.05, 3.63) is 11.6 Å². The largest absolute Gasteiger partial charge is 0.0862 e. The van der Waals surface area contributed by atoms with E-state index in [1.807, 2.05) is 0 Å². The van der Waals surface area contributed by atoms with Crippen molar-refractivity contribution >= 4 is 0 Å². The summed E-state index contributed by atoms with van der Waals surface area (Å²) in [6.07, 6.45) is 3.38. The van der Waals surface area contributed by atoms with E-state index in [0.717, 1.165) is 0 Å². The van der Waals surface area contributed by atoms with Crippen LogP contribution in [-0.4, -0.2) is 0 Å². The number of rotatable bonds is 1. The van der Waals surface area contributed by atoms with E-state index in [1.165, 1.54) is 12.0 Å². The van der Waals surface area contributed by atoms with Crippen LogP contribution >= 0.6 is 0 Å². The standard InChI is InChI=1S/C6H12.5CH4/c1-4-5-6(2)3;;;;;/h5H,4H2,1-3H3;5*1H4. The van der Waals surface area contributed by atoms with Gasteiger partial charge in [-0.25, -0.2) is 0 Å². The van der Waals surface area contributed by atoms with Gasteiger partial charge in [-0.05, 0) is 20.3 Å². The Balaban J connectivity index is -0.0000000125. The summed E-state index contributed by atoms with van der Waals surface area (Å²) in [4.78, 5) is 0. The first-order chi connectivity index (χ1) is 2.77. The topological polar surface area (TPSA) is 0 Å². The summed E-state index contributed by atoms with van der Waals surface area (Å²) in [5, 5.41) is 0. The molecule has 0 N–H and O–H groups in total. The normalized spacial score (nSPS) is 4.27. The molecule has 0 spiro atoms. The molecule has 0 fully saturated rings. The summed E-state index contributed by atoms with van der Waals surface area (Å²) >= 11 is 0. The van der Waals surface area contributed by atoms with E-state index in [9.17, 15) is 0 Å². The van der Waals surface area contributed by atoms with Gasteiger partial charge in [0.2, 0.25) is 0 Å². The third-order valence-corrected chi connectivity index (χ3v) is 0.612. The first-order valence-corrected chi connectivity index (χ1v) is 2.40. The third-order valence-electron chi connectivity index (χ3n) is 0.612. The molecule has 0 heteroatoms. The van der Waals surface area contributed by atoms with Gasteiger partial charge >= 0.3 is 0 Å². The van der Waals surface area contributed by atoms with Crippen LogP contribution in [0.15, 0.2) is 11.6 Å². The first kappa shape index (κ1) is 45.3. The number of allylic oxidation sites excluding steroid dienone is 2. The van der Waals surface area contributed by atoms with Crippen LogP contribution in [0.1, 0.15) is 64.3 Å². The number of hydrogen-bond acceptors (Lipinski definition) is 0. The highest BCUT2D eigenvalue weighted by molar-refractivity contribution is 4.91. The van der Waals surface area contributed by atoms with Crippen LogP contribution in [0.5, 0.6) is 0 Å². The molecule has 0 saturated carbocycles. The monoisotopic (exact) mass is 164 g/mol. The summed E-state index contributed by atoms with van der Waals surface area (Å²) in [5.41, 5.74) is 1.41. The lowest BCUT2D eigenvalue weighted by atomic mass is 10.3. The Labute approximate surface area is 76.7 Å². The van der Waals surface area contributed by atoms with Crippen molar-refractivity contribution in [3.63, 3.8) is 0 Å². The van der Waals surface area contributed by atoms with Crippen molar-refractivity contribution < 1.29 is 0 Å². The second-order valence-corrected chi connectivity index (χ2v) is 1.69. The van der Waals surface area contributed by atoms with Gasteiger partial charge in [-0.3, -0.25) is 0 Å². The number of hydrogen-bond donors (Lipinski definition) is 0. The Morgan fingerprint density at radius 2 is 1.18 bits per heavy atom. The molecule has 0 aromatic heterocycles. The molecule has 0 bridgehead atoms. The van der Waals surface area contributed by atoms with E-state index in [2.05, 4.69) is 26.8 Å². The van der Waals surface area contributed by atoms with Gasteiger partial charge in [-0.2, -0.15) is 0 Å². The average molecular weight is 164 g/mol. The van der Waals surface area contributed by atoms with Crippen LogP contribution in [0.25, 0.3) is 0 Å². The molecule has 0 radical (unpaired) electrons. The quantitative estimate of drug-likeness (QED) is 0.446. The zero-order valence-corrected chi connectivity index (χ0v) is 4.78. The predicted octanol–water partition coefficient (Wildman–Crippen LogP) is 5.54. The maximum Gasteiger partial charge on any atom is -0.0377 e. The molecule has 0 aromatic rings. The van der Waals surface area contributed by atoms with E-state index in [-0.39, 0.29) is 37.1 Å². The van der Waals surface area contributed by atoms with E-state index < -0.39 is 0 Å². The molecular formula is C11H32. The fraction of sp³-hybridized carbons (Fsp3) is 0.818. The first-order valence-electron chi connectivity index (χ1n) is 2.40. The summed E-state index contributed by atoms with van der Waals surface area (Å²) in [7, 11) is 0. The molecule has 0 amide bonds. The predicted molar refractivity (Wildman–Crippen MR) is 63.4 cm³/mol. The molecule has 0 aromatic carbocycles. The van der Waals surface area contributed by atoms with Crippen LogP contribution in [-0.2, 0) is 0 Å². The second kappa shape index (κ2) is 33.1. The Hall–Kier alpha value is -0.260. The third kappa shape index (κ3) is 77.7. The van der Waals surface area contributed by atoms with Gasteiger partial charge in [0.1, 0.15) is 0 Å². The van der Waals surface area contributed by atoms with Gasteiger partial charge in [-0.1, -0.05) is 55.7 Å². The lowest BCUT2D eigenvalue weighted by Crippen LogP contribution is -1.58. The summed E-state index contributed by atoms with van der Waals surface area (Å²) in [6.45, 7) is 6.38. The minimum Gasteiger partial charge on any atom is -0.0862 e. The molecule has 11 heavy (non-hydrogen) atoms. The average Bonchev–Trinajstić information content (AvgIpc) is 1.35. The van der Waals surface area contributed by atoms with Crippen molar-refractivity contribution in [1.29, 1.82) is 0 Å². The van der Waals surface area contributed by atoms with Gasteiger partial charge in [0.15, 0.2) is 0 Å². The Morgan fingerprint density at radius 3 is 1.18 bits per heavy atom. The maximum absolute atomic E-state index is 2.21. The molecule has 0 aliphatic carbocycles. The van der Waals surface area contributed by atoms with Crippen LogP contribution in [0.3, 0.4) is 0 Å². The minimum atomic E-state index is 0. The van der Waals surface area contributed by atoms with Crippen molar-refractivity contribution in [2.75, 3.05) is 0 Å². The van der Waals surface area contributed by atoms with E-state index in [4.69, 9.17) is 0 Å². The van der Waals surface area contributed by atoms with Crippen LogP contribution in [0.4, 0.5) is 0 Å². The fourth-order valence-electron chi connectivity index (χ4n) is 0.408. The van der Waals surface area contributed by atoms with Gasteiger partial charge in [0, 0.05) is 0 Å². The molecule has 0 aliphatic rings. The highest BCUT2D eigenvalue weighted by Gasteiger charge is 1.67. The van der Waals surface area contributed by atoms with Crippen LogP contribution in [0, 0.1) is 0 Å². The second-order valence-electron chi connectivity index (χ2n) is 1.69. The molecule has 0 nitrogen and oxygen atoms in total. The smallest absolute Gasteiger partial charge is 0.0377 e. The molecule has 0 atom stereocenters. The minimum absolute atomic E-state index is 0. The lowest BCUT2D eigenvalue weighted by molar-refractivity contribution is 1.18. The maximum atomic E-state index is 2.21. The summed E-state index contributed by atoms with van der Waals surface area (Å²) < 4.78 is 0. The molecular weight excluding hydrogens is 132 g/mol. The molecule has 0 unspecified atom stereocenters. The van der Waals surface area contributed by atoms with Crippen molar-refractivity contribution in [3.8, 4) is 0 Å². The Kier molecular flexibility index (Phi) is 137. The van der Waals surface area contributed by atoms with Crippen molar-refractivity contribution in [1.82, 2.24) is 0 Å². The summed E-state index contributed by atoms with van der Waals surface area (Å²) in [6, 6.07) is 0. The SMILES string of the molecule is C.C.C.C.C.CCC=C(C)C. The van der Waals surface area contributed by atoms with E-state index >= 15 is 0 Å². The highest BCUT2D eigenvalue weighted by atomic mass is 13.7. The zero-order chi connectivity index (χ0) is 4.99. The van der Waals surface area contributed by atoms with Crippen molar-refractivity contribution in [2.24, 2.45) is 0 Å².